The van der Waals surface area contributed by atoms with Gasteiger partial charge in [-0.15, -0.1) is 5.10 Å². The van der Waals surface area contributed by atoms with Gasteiger partial charge < -0.3 is 0 Å². The maximum Gasteiger partial charge on any atom is 0.0859 e. The van der Waals surface area contributed by atoms with E-state index in [-0.39, 0.29) is 0 Å². The van der Waals surface area contributed by atoms with Crippen molar-refractivity contribution in [2.75, 3.05) is 0 Å². The molecule has 0 N–H and O–H groups in total. The summed E-state index contributed by atoms with van der Waals surface area (Å²) in [6.07, 6.45) is 5.83. The Morgan fingerprint density at radius 2 is 2.18 bits per heavy atom. The Kier molecular flexibility index (Phi) is 3.52. The van der Waals surface area contributed by atoms with Gasteiger partial charge in [-0.25, -0.2) is 4.68 Å². The summed E-state index contributed by atoms with van der Waals surface area (Å²) in [5, 5.41) is 8.38. The second-order valence-electron chi connectivity index (χ2n) is 4.26. The van der Waals surface area contributed by atoms with Gasteiger partial charge in [-0.05, 0) is 25.0 Å². The van der Waals surface area contributed by atoms with E-state index in [1.807, 2.05) is 23.1 Å². The summed E-state index contributed by atoms with van der Waals surface area (Å²) in [5.41, 5.74) is 3.14. The highest BCUT2D eigenvalue weighted by Gasteiger charge is 2.09. The third-order valence-electron chi connectivity index (χ3n) is 3.06. The highest BCUT2D eigenvalue weighted by molar-refractivity contribution is 5.31. The van der Waals surface area contributed by atoms with Crippen LogP contribution in [0.1, 0.15) is 44.5 Å². The molecule has 0 amide bonds. The van der Waals surface area contributed by atoms with Crippen molar-refractivity contribution >= 4 is 0 Å². The van der Waals surface area contributed by atoms with Crippen molar-refractivity contribution < 1.29 is 0 Å². The van der Waals surface area contributed by atoms with E-state index in [4.69, 9.17) is 0 Å². The quantitative estimate of drug-likeness (QED) is 0.811. The molecule has 0 saturated carbocycles. The van der Waals surface area contributed by atoms with Crippen LogP contribution in [0, 0.1) is 0 Å². The maximum atomic E-state index is 4.28. The van der Waals surface area contributed by atoms with Crippen LogP contribution in [0.15, 0.2) is 24.5 Å². The Bertz CT molecular complexity index is 490. The summed E-state index contributed by atoms with van der Waals surface area (Å²) in [7, 11) is 0. The summed E-state index contributed by atoms with van der Waals surface area (Å²) >= 11 is 0. The third kappa shape index (κ3) is 2.52. The number of aryl methyl sites for hydroxylation is 1. The van der Waals surface area contributed by atoms with E-state index in [1.165, 1.54) is 0 Å². The van der Waals surface area contributed by atoms with Crippen LogP contribution in [0.5, 0.6) is 0 Å². The zero-order chi connectivity index (χ0) is 12.3. The molecule has 4 nitrogen and oxygen atoms in total. The molecule has 2 rings (SSSR count). The number of nitrogens with zero attached hydrogens (tertiary/aromatic N) is 4. The lowest BCUT2D eigenvalue weighted by molar-refractivity contribution is 0.700. The van der Waals surface area contributed by atoms with Crippen LogP contribution in [-0.4, -0.2) is 20.0 Å². The van der Waals surface area contributed by atoms with Gasteiger partial charge in [0.15, 0.2) is 0 Å². The van der Waals surface area contributed by atoms with E-state index >= 15 is 0 Å². The van der Waals surface area contributed by atoms with Crippen LogP contribution in [0.25, 0.3) is 5.69 Å². The average molecular weight is 230 g/mol. The second-order valence-corrected chi connectivity index (χ2v) is 4.26. The largest absolute Gasteiger partial charge is 0.261 e. The maximum absolute atomic E-state index is 4.28. The van der Waals surface area contributed by atoms with Crippen LogP contribution in [0.4, 0.5) is 0 Å². The monoisotopic (exact) mass is 230 g/mol. The lowest BCUT2D eigenvalue weighted by atomic mass is 10.1. The van der Waals surface area contributed by atoms with Crippen LogP contribution < -0.4 is 0 Å². The average Bonchev–Trinajstić information content (AvgIpc) is 2.87. The molecule has 0 aliphatic heterocycles. The Morgan fingerprint density at radius 3 is 2.88 bits per heavy atom. The molecule has 1 unspecified atom stereocenters. The summed E-state index contributed by atoms with van der Waals surface area (Å²) in [6.45, 7) is 6.42. The van der Waals surface area contributed by atoms with Gasteiger partial charge in [-0.3, -0.25) is 4.98 Å². The van der Waals surface area contributed by atoms with Gasteiger partial charge in [0.2, 0.25) is 0 Å². The van der Waals surface area contributed by atoms with E-state index in [9.17, 15) is 0 Å². The zero-order valence-electron chi connectivity index (χ0n) is 10.6. The first-order chi connectivity index (χ1) is 8.24. The van der Waals surface area contributed by atoms with Crippen LogP contribution in [0.3, 0.4) is 0 Å². The summed E-state index contributed by atoms with van der Waals surface area (Å²) < 4.78 is 1.82. The fourth-order valence-corrected chi connectivity index (χ4v) is 1.64. The van der Waals surface area contributed by atoms with Crippen molar-refractivity contribution in [2.45, 2.75) is 39.5 Å². The number of hydrogen-bond acceptors (Lipinski definition) is 3. The lowest BCUT2D eigenvalue weighted by Crippen LogP contribution is -1.97. The first-order valence-corrected chi connectivity index (χ1v) is 6.12. The summed E-state index contributed by atoms with van der Waals surface area (Å²) in [4.78, 5) is 4.28. The van der Waals surface area contributed by atoms with Crippen molar-refractivity contribution in [1.82, 2.24) is 20.0 Å². The highest BCUT2D eigenvalue weighted by atomic mass is 15.4. The van der Waals surface area contributed by atoms with Crippen LogP contribution in [0.2, 0.25) is 0 Å². The van der Waals surface area contributed by atoms with Gasteiger partial charge in [0.25, 0.3) is 0 Å². The molecule has 0 saturated heterocycles. The van der Waals surface area contributed by atoms with Crippen molar-refractivity contribution in [2.24, 2.45) is 0 Å². The fourth-order valence-electron chi connectivity index (χ4n) is 1.64. The molecule has 1 atom stereocenters. The second kappa shape index (κ2) is 5.08. The highest BCUT2D eigenvalue weighted by Crippen LogP contribution is 2.16. The lowest BCUT2D eigenvalue weighted by Gasteiger charge is -2.03. The molecule has 0 bridgehead atoms. The van der Waals surface area contributed by atoms with E-state index in [1.54, 1.807) is 0 Å². The molecule has 4 heteroatoms. The Balaban J connectivity index is 2.30. The molecule has 2 aromatic heterocycles. The molecule has 0 spiro atoms. The van der Waals surface area contributed by atoms with E-state index < -0.39 is 0 Å². The van der Waals surface area contributed by atoms with Gasteiger partial charge in [0.1, 0.15) is 0 Å². The summed E-state index contributed by atoms with van der Waals surface area (Å²) in [6, 6.07) is 4.00. The smallest absolute Gasteiger partial charge is 0.0859 e. The predicted molar refractivity (Wildman–Crippen MR) is 67.2 cm³/mol. The van der Waals surface area contributed by atoms with Crippen LogP contribution in [-0.2, 0) is 6.42 Å². The minimum absolute atomic E-state index is 0.455. The standard InChI is InChI=1S/C13H18N4/c1-4-10(3)13-9-17(16-15-13)12-6-7-14-11(5-2)8-12/h6-10H,4-5H2,1-3H3. The normalized spacial score (nSPS) is 12.6. The first kappa shape index (κ1) is 11.8. The molecule has 2 heterocycles. The van der Waals surface area contributed by atoms with Crippen molar-refractivity contribution in [3.05, 3.63) is 35.9 Å². The molecule has 0 aromatic carbocycles. The predicted octanol–water partition coefficient (Wildman–Crippen LogP) is 2.74. The molecule has 0 aliphatic carbocycles. The first-order valence-electron chi connectivity index (χ1n) is 6.12. The van der Waals surface area contributed by atoms with Gasteiger partial charge in [0, 0.05) is 17.8 Å². The molecular formula is C13H18N4. The van der Waals surface area contributed by atoms with E-state index in [0.29, 0.717) is 5.92 Å². The van der Waals surface area contributed by atoms with Crippen LogP contribution >= 0.6 is 0 Å². The number of rotatable bonds is 4. The molecule has 2 aromatic rings. The third-order valence-corrected chi connectivity index (χ3v) is 3.06. The summed E-state index contributed by atoms with van der Waals surface area (Å²) in [5.74, 6) is 0.455. The van der Waals surface area contributed by atoms with E-state index in [2.05, 4.69) is 42.1 Å². The molecule has 90 valence electrons. The van der Waals surface area contributed by atoms with Gasteiger partial charge in [0.05, 0.1) is 17.6 Å². The SMILES string of the molecule is CCc1cc(-n2cc(C(C)CC)nn2)ccn1. The van der Waals surface area contributed by atoms with Gasteiger partial charge in [-0.2, -0.15) is 0 Å². The number of hydrogen-bond donors (Lipinski definition) is 0. The molecule has 0 fully saturated rings. The van der Waals surface area contributed by atoms with Gasteiger partial charge in [-0.1, -0.05) is 26.0 Å². The Labute approximate surface area is 102 Å². The van der Waals surface area contributed by atoms with Crippen molar-refractivity contribution in [3.8, 4) is 5.69 Å². The van der Waals surface area contributed by atoms with Gasteiger partial charge >= 0.3 is 0 Å². The number of pyridine rings is 1. The number of aromatic nitrogens is 4. The minimum atomic E-state index is 0.455. The molecule has 17 heavy (non-hydrogen) atoms. The Morgan fingerprint density at radius 1 is 1.35 bits per heavy atom. The molecule has 0 aliphatic rings. The minimum Gasteiger partial charge on any atom is -0.261 e. The molecular weight excluding hydrogens is 212 g/mol. The molecule has 0 radical (unpaired) electrons. The zero-order valence-corrected chi connectivity index (χ0v) is 10.6. The fraction of sp³-hybridized carbons (Fsp3) is 0.462. The van der Waals surface area contributed by atoms with E-state index in [0.717, 1.165) is 29.9 Å². The Hall–Kier alpha value is -1.71. The van der Waals surface area contributed by atoms with Crippen molar-refractivity contribution in [1.29, 1.82) is 0 Å². The topological polar surface area (TPSA) is 43.6 Å². The van der Waals surface area contributed by atoms with Crippen molar-refractivity contribution in [3.63, 3.8) is 0 Å².